The van der Waals surface area contributed by atoms with Crippen LogP contribution >= 0.6 is 0 Å². The number of carbonyl (C=O) groups excluding carboxylic acids is 1. The normalized spacial score (nSPS) is 14.6. The summed E-state index contributed by atoms with van der Waals surface area (Å²) in [5.41, 5.74) is 2.48. The molecule has 1 amide bonds. The van der Waals surface area contributed by atoms with Gasteiger partial charge in [-0.15, -0.1) is 0 Å². The van der Waals surface area contributed by atoms with Gasteiger partial charge < -0.3 is 15.3 Å². The number of anilines is 1. The smallest absolute Gasteiger partial charge is 0.335 e. The topological polar surface area (TPSA) is 145 Å². The number of aromatic hydroxyl groups is 1. The van der Waals surface area contributed by atoms with E-state index < -0.39 is 17.8 Å². The average molecular weight is 446 g/mol. The highest BCUT2D eigenvalue weighted by atomic mass is 16.4. The van der Waals surface area contributed by atoms with Crippen LogP contribution in [0.15, 0.2) is 59.2 Å². The molecule has 0 saturated carbocycles. The third-order valence-electron chi connectivity index (χ3n) is 5.15. The standard InChI is InChI=1S/C23H18N4O6/c1-12-18(20(28)26(24-12)16-7-3-14(4-8-16)22(30)31)11-19-13(2)25-27(21(19)29)17-9-5-15(6-10-17)23(32)33/h3-11,28H,1-2H3,(H,30,31)(H,32,33)/b19-11-. The van der Waals surface area contributed by atoms with Gasteiger partial charge in [0.15, 0.2) is 0 Å². The number of rotatable bonds is 5. The zero-order chi connectivity index (χ0) is 23.9. The highest BCUT2D eigenvalue weighted by Gasteiger charge is 2.30. The minimum absolute atomic E-state index is 0.0891. The van der Waals surface area contributed by atoms with E-state index in [0.717, 1.165) is 5.01 Å². The van der Waals surface area contributed by atoms with Crippen molar-refractivity contribution in [1.82, 2.24) is 9.78 Å². The van der Waals surface area contributed by atoms with Crippen LogP contribution in [0.4, 0.5) is 5.69 Å². The van der Waals surface area contributed by atoms with Gasteiger partial charge in [-0.3, -0.25) is 4.79 Å². The van der Waals surface area contributed by atoms with Gasteiger partial charge in [0.25, 0.3) is 5.91 Å². The van der Waals surface area contributed by atoms with Gasteiger partial charge in [-0.25, -0.2) is 14.3 Å². The third kappa shape index (κ3) is 3.85. The summed E-state index contributed by atoms with van der Waals surface area (Å²) in [6.45, 7) is 3.32. The largest absolute Gasteiger partial charge is 0.493 e. The van der Waals surface area contributed by atoms with Gasteiger partial charge in [-0.05, 0) is 68.5 Å². The number of carbonyl (C=O) groups is 3. The van der Waals surface area contributed by atoms with Crippen molar-refractivity contribution in [2.45, 2.75) is 13.8 Å². The zero-order valence-electron chi connectivity index (χ0n) is 17.6. The molecule has 3 aromatic rings. The van der Waals surface area contributed by atoms with Gasteiger partial charge in [0.1, 0.15) is 0 Å². The van der Waals surface area contributed by atoms with Gasteiger partial charge in [0.05, 0.1) is 45.0 Å². The minimum Gasteiger partial charge on any atom is -0.493 e. The van der Waals surface area contributed by atoms with E-state index in [1.807, 2.05) is 0 Å². The number of carboxylic acid groups (broad SMARTS) is 2. The lowest BCUT2D eigenvalue weighted by atomic mass is 10.1. The number of carboxylic acids is 2. The Morgan fingerprint density at radius 2 is 1.39 bits per heavy atom. The lowest BCUT2D eigenvalue weighted by Gasteiger charge is -2.11. The maximum absolute atomic E-state index is 13.0. The fourth-order valence-electron chi connectivity index (χ4n) is 3.37. The first-order chi connectivity index (χ1) is 15.7. The van der Waals surface area contributed by atoms with E-state index in [1.165, 1.54) is 59.3 Å². The monoisotopic (exact) mass is 446 g/mol. The van der Waals surface area contributed by atoms with Crippen molar-refractivity contribution in [3.63, 3.8) is 0 Å². The fraction of sp³-hybridized carbons (Fsp3) is 0.0870. The van der Waals surface area contributed by atoms with E-state index in [-0.39, 0.29) is 22.6 Å². The van der Waals surface area contributed by atoms with E-state index in [9.17, 15) is 19.5 Å². The van der Waals surface area contributed by atoms with Crippen LogP contribution in [0.25, 0.3) is 11.8 Å². The van der Waals surface area contributed by atoms with Crippen LogP contribution in [-0.4, -0.2) is 48.7 Å². The molecule has 0 radical (unpaired) electrons. The van der Waals surface area contributed by atoms with Gasteiger partial charge in [-0.2, -0.15) is 15.2 Å². The van der Waals surface area contributed by atoms with Crippen molar-refractivity contribution in [2.75, 3.05) is 5.01 Å². The lowest BCUT2D eigenvalue weighted by Crippen LogP contribution is -2.21. The second-order valence-electron chi connectivity index (χ2n) is 7.30. The maximum Gasteiger partial charge on any atom is 0.335 e. The Kier molecular flexibility index (Phi) is 5.26. The molecule has 4 rings (SSSR count). The zero-order valence-corrected chi connectivity index (χ0v) is 17.6. The van der Waals surface area contributed by atoms with E-state index in [0.29, 0.717) is 28.3 Å². The number of nitrogens with zero attached hydrogens (tertiary/aromatic N) is 4. The Hall–Kier alpha value is -4.73. The third-order valence-corrected chi connectivity index (χ3v) is 5.15. The Labute approximate surface area is 187 Å². The van der Waals surface area contributed by atoms with Crippen LogP contribution in [-0.2, 0) is 4.79 Å². The van der Waals surface area contributed by atoms with E-state index >= 15 is 0 Å². The first-order valence-corrected chi connectivity index (χ1v) is 9.74. The molecule has 0 unspecified atom stereocenters. The maximum atomic E-state index is 13.0. The van der Waals surface area contributed by atoms with Gasteiger partial charge in [0.2, 0.25) is 5.88 Å². The molecule has 2 aromatic carbocycles. The Bertz CT molecular complexity index is 1350. The Morgan fingerprint density at radius 1 is 0.879 bits per heavy atom. The van der Waals surface area contributed by atoms with Crippen molar-refractivity contribution in [3.8, 4) is 11.6 Å². The van der Waals surface area contributed by atoms with Crippen LogP contribution in [0.3, 0.4) is 0 Å². The molecule has 10 heteroatoms. The SMILES string of the molecule is CC1=NN(c2ccc(C(=O)O)cc2)C(=O)/C1=C\c1c(C)nn(-c2ccc(C(=O)O)cc2)c1O. The molecule has 166 valence electrons. The summed E-state index contributed by atoms with van der Waals surface area (Å²) < 4.78 is 1.25. The van der Waals surface area contributed by atoms with Crippen molar-refractivity contribution in [1.29, 1.82) is 0 Å². The Balaban J connectivity index is 1.66. The molecule has 1 aromatic heterocycles. The van der Waals surface area contributed by atoms with Crippen molar-refractivity contribution >= 4 is 35.3 Å². The van der Waals surface area contributed by atoms with E-state index in [1.54, 1.807) is 13.8 Å². The molecule has 2 heterocycles. The van der Waals surface area contributed by atoms with Crippen LogP contribution in [0.1, 0.15) is 38.9 Å². The molecular weight excluding hydrogens is 428 g/mol. The average Bonchev–Trinajstić information content (AvgIpc) is 3.24. The molecule has 1 aliphatic rings. The fourth-order valence-corrected chi connectivity index (χ4v) is 3.37. The van der Waals surface area contributed by atoms with E-state index in [4.69, 9.17) is 10.2 Å². The summed E-state index contributed by atoms with van der Waals surface area (Å²) in [6.07, 6.45) is 1.49. The lowest BCUT2D eigenvalue weighted by molar-refractivity contribution is -0.114. The first kappa shape index (κ1) is 21.5. The van der Waals surface area contributed by atoms with Gasteiger partial charge in [-0.1, -0.05) is 0 Å². The molecule has 0 fully saturated rings. The minimum atomic E-state index is -1.07. The molecule has 33 heavy (non-hydrogen) atoms. The molecule has 0 saturated heterocycles. The Morgan fingerprint density at radius 3 is 1.91 bits per heavy atom. The summed E-state index contributed by atoms with van der Waals surface area (Å²) in [5, 5.41) is 38.6. The summed E-state index contributed by atoms with van der Waals surface area (Å²) in [5.74, 6) is -2.79. The predicted molar refractivity (Wildman–Crippen MR) is 119 cm³/mol. The summed E-state index contributed by atoms with van der Waals surface area (Å²) >= 11 is 0. The molecule has 3 N–H and O–H groups in total. The number of benzene rings is 2. The number of hydrogen-bond donors (Lipinski definition) is 3. The van der Waals surface area contributed by atoms with Crippen LogP contribution in [0.2, 0.25) is 0 Å². The molecular formula is C23H18N4O6. The molecule has 0 atom stereocenters. The number of aromatic carboxylic acids is 2. The van der Waals surface area contributed by atoms with E-state index in [2.05, 4.69) is 10.2 Å². The molecule has 1 aliphatic heterocycles. The second kappa shape index (κ2) is 8.08. The molecule has 0 aliphatic carbocycles. The first-order valence-electron chi connectivity index (χ1n) is 9.74. The van der Waals surface area contributed by atoms with Crippen LogP contribution in [0, 0.1) is 6.92 Å². The molecule has 0 bridgehead atoms. The quantitative estimate of drug-likeness (QED) is 0.511. The molecule has 10 nitrogen and oxygen atoms in total. The number of hydrogen-bond acceptors (Lipinski definition) is 6. The highest BCUT2D eigenvalue weighted by molar-refractivity contribution is 6.32. The summed E-state index contributed by atoms with van der Waals surface area (Å²) in [4.78, 5) is 35.1. The van der Waals surface area contributed by atoms with Crippen molar-refractivity contribution in [2.24, 2.45) is 5.10 Å². The van der Waals surface area contributed by atoms with Gasteiger partial charge >= 0.3 is 11.9 Å². The highest BCUT2D eigenvalue weighted by Crippen LogP contribution is 2.30. The number of amides is 1. The number of aryl methyl sites for hydroxylation is 1. The van der Waals surface area contributed by atoms with Crippen LogP contribution < -0.4 is 5.01 Å². The summed E-state index contributed by atoms with van der Waals surface area (Å²) in [7, 11) is 0. The van der Waals surface area contributed by atoms with Crippen molar-refractivity contribution < 1.29 is 29.7 Å². The van der Waals surface area contributed by atoms with Crippen molar-refractivity contribution in [3.05, 3.63) is 76.5 Å². The predicted octanol–water partition coefficient (Wildman–Crippen LogP) is 3.09. The van der Waals surface area contributed by atoms with Crippen LogP contribution in [0.5, 0.6) is 5.88 Å². The number of hydrazone groups is 1. The van der Waals surface area contributed by atoms with Gasteiger partial charge in [0, 0.05) is 0 Å². The number of aromatic nitrogens is 2. The molecule has 0 spiro atoms. The summed E-state index contributed by atoms with van der Waals surface area (Å²) in [6, 6.07) is 11.6. The second-order valence-corrected chi connectivity index (χ2v) is 7.30.